The molecule has 0 spiro atoms. The molecule has 1 N–H and O–H groups in total. The molecule has 0 radical (unpaired) electrons. The van der Waals surface area contributed by atoms with Crippen LogP contribution in [0.25, 0.3) is 0 Å². The molecule has 1 aliphatic carbocycles. The van der Waals surface area contributed by atoms with Gasteiger partial charge in [-0.3, -0.25) is 14.4 Å². The second kappa shape index (κ2) is 7.70. The summed E-state index contributed by atoms with van der Waals surface area (Å²) in [6.07, 6.45) is 8.58. The van der Waals surface area contributed by atoms with E-state index < -0.39 is 0 Å². The molecular formula is C19H26N4OS. The highest BCUT2D eigenvalue weighted by Crippen LogP contribution is 2.30. The molecular weight excluding hydrogens is 332 g/mol. The van der Waals surface area contributed by atoms with Crippen LogP contribution in [0.5, 0.6) is 0 Å². The van der Waals surface area contributed by atoms with Crippen LogP contribution in [0.15, 0.2) is 29.8 Å². The van der Waals surface area contributed by atoms with E-state index in [0.717, 1.165) is 19.5 Å². The smallest absolute Gasteiger partial charge is 0.222 e. The maximum atomic E-state index is 12.4. The number of carbonyl (C=O) groups is 1. The van der Waals surface area contributed by atoms with E-state index in [4.69, 9.17) is 0 Å². The lowest BCUT2D eigenvalue weighted by Crippen LogP contribution is -2.44. The highest BCUT2D eigenvalue weighted by molar-refractivity contribution is 7.09. The minimum atomic E-state index is 0.135. The van der Waals surface area contributed by atoms with Crippen LogP contribution in [0.1, 0.15) is 48.7 Å². The summed E-state index contributed by atoms with van der Waals surface area (Å²) in [6, 6.07) is 7.12. The fraction of sp³-hybridized carbons (Fsp3) is 0.579. The zero-order chi connectivity index (χ0) is 17.1. The molecule has 1 amide bonds. The van der Waals surface area contributed by atoms with Crippen LogP contribution in [0.4, 0.5) is 0 Å². The number of thiophene rings is 1. The lowest BCUT2D eigenvalue weighted by Gasteiger charge is -2.37. The third-order valence-corrected chi connectivity index (χ3v) is 6.38. The van der Waals surface area contributed by atoms with Gasteiger partial charge in [-0.2, -0.15) is 5.10 Å². The number of amides is 1. The van der Waals surface area contributed by atoms with Gasteiger partial charge < -0.3 is 5.32 Å². The maximum Gasteiger partial charge on any atom is 0.222 e. The number of rotatable bonds is 6. The van der Waals surface area contributed by atoms with Gasteiger partial charge in [0.1, 0.15) is 0 Å². The molecule has 1 fully saturated rings. The van der Waals surface area contributed by atoms with Crippen molar-refractivity contribution in [1.82, 2.24) is 20.0 Å². The molecule has 0 bridgehead atoms. The van der Waals surface area contributed by atoms with Crippen LogP contribution in [0, 0.1) is 0 Å². The van der Waals surface area contributed by atoms with Gasteiger partial charge in [-0.05, 0) is 36.8 Å². The lowest BCUT2D eigenvalue weighted by atomic mass is 10.1. The molecule has 6 heteroatoms. The third kappa shape index (κ3) is 3.96. The molecule has 2 aliphatic rings. The van der Waals surface area contributed by atoms with Gasteiger partial charge in [0.05, 0.1) is 18.2 Å². The average molecular weight is 359 g/mol. The van der Waals surface area contributed by atoms with Gasteiger partial charge >= 0.3 is 0 Å². The fourth-order valence-corrected chi connectivity index (χ4v) is 4.89. The Labute approximate surface area is 153 Å². The van der Waals surface area contributed by atoms with Gasteiger partial charge in [0.2, 0.25) is 5.91 Å². The van der Waals surface area contributed by atoms with E-state index in [2.05, 4.69) is 43.6 Å². The van der Waals surface area contributed by atoms with Crippen molar-refractivity contribution >= 4 is 17.2 Å². The number of hydrogen-bond donors (Lipinski definition) is 1. The topological polar surface area (TPSA) is 50.2 Å². The molecule has 3 heterocycles. The molecule has 1 aliphatic heterocycles. The van der Waals surface area contributed by atoms with Gasteiger partial charge in [0.15, 0.2) is 0 Å². The van der Waals surface area contributed by atoms with Gasteiger partial charge in [0.25, 0.3) is 0 Å². The predicted octanol–water partition coefficient (Wildman–Crippen LogP) is 2.99. The van der Waals surface area contributed by atoms with Crippen LogP contribution in [-0.2, 0) is 17.8 Å². The van der Waals surface area contributed by atoms with Crippen molar-refractivity contribution in [1.29, 1.82) is 0 Å². The zero-order valence-corrected chi connectivity index (χ0v) is 15.4. The van der Waals surface area contributed by atoms with Crippen LogP contribution in [-0.4, -0.2) is 39.7 Å². The van der Waals surface area contributed by atoms with E-state index in [9.17, 15) is 4.79 Å². The first kappa shape index (κ1) is 16.8. The largest absolute Gasteiger partial charge is 0.356 e. The molecule has 1 saturated carbocycles. The van der Waals surface area contributed by atoms with Crippen LogP contribution < -0.4 is 5.32 Å². The molecule has 1 atom stereocenters. The molecule has 4 rings (SSSR count). The quantitative estimate of drug-likeness (QED) is 0.864. The molecule has 25 heavy (non-hydrogen) atoms. The SMILES string of the molecule is O=C(C[C@H]1CN(C2CCCC2)Cc2ccnn21)NCCc1cccs1. The number of aromatic nitrogens is 2. The molecule has 0 saturated heterocycles. The Balaban J connectivity index is 1.34. The normalized spacial score (nSPS) is 21.4. The third-order valence-electron chi connectivity index (χ3n) is 5.44. The van der Waals surface area contributed by atoms with E-state index in [0.29, 0.717) is 19.0 Å². The van der Waals surface area contributed by atoms with E-state index in [1.165, 1.54) is 36.3 Å². The van der Waals surface area contributed by atoms with Crippen molar-refractivity contribution in [3.63, 3.8) is 0 Å². The van der Waals surface area contributed by atoms with Crippen molar-refractivity contribution in [2.24, 2.45) is 0 Å². The Morgan fingerprint density at radius 2 is 2.20 bits per heavy atom. The highest BCUT2D eigenvalue weighted by Gasteiger charge is 2.32. The minimum absolute atomic E-state index is 0.135. The first-order chi connectivity index (χ1) is 12.3. The summed E-state index contributed by atoms with van der Waals surface area (Å²) in [7, 11) is 0. The summed E-state index contributed by atoms with van der Waals surface area (Å²) in [4.78, 5) is 16.3. The van der Waals surface area contributed by atoms with Crippen molar-refractivity contribution in [2.45, 2.75) is 57.2 Å². The first-order valence-electron chi connectivity index (χ1n) is 9.35. The van der Waals surface area contributed by atoms with Gasteiger partial charge in [0, 0.05) is 36.8 Å². The van der Waals surface area contributed by atoms with E-state index in [1.807, 2.05) is 6.20 Å². The Morgan fingerprint density at radius 3 is 3.00 bits per heavy atom. The van der Waals surface area contributed by atoms with Crippen molar-refractivity contribution in [3.8, 4) is 0 Å². The Kier molecular flexibility index (Phi) is 5.17. The summed E-state index contributed by atoms with van der Waals surface area (Å²) < 4.78 is 2.07. The zero-order valence-electron chi connectivity index (χ0n) is 14.6. The average Bonchev–Trinajstić information content (AvgIpc) is 3.36. The van der Waals surface area contributed by atoms with E-state index in [1.54, 1.807) is 11.3 Å². The Morgan fingerprint density at radius 1 is 1.32 bits per heavy atom. The fourth-order valence-electron chi connectivity index (χ4n) is 4.18. The van der Waals surface area contributed by atoms with Crippen LogP contribution in [0.3, 0.4) is 0 Å². The summed E-state index contributed by atoms with van der Waals surface area (Å²) in [5.74, 6) is 0.135. The van der Waals surface area contributed by atoms with E-state index in [-0.39, 0.29) is 11.9 Å². The maximum absolute atomic E-state index is 12.4. The van der Waals surface area contributed by atoms with Crippen molar-refractivity contribution < 1.29 is 4.79 Å². The Hall–Kier alpha value is -1.66. The van der Waals surface area contributed by atoms with Crippen molar-refractivity contribution in [3.05, 3.63) is 40.3 Å². The monoisotopic (exact) mass is 358 g/mol. The molecule has 2 aromatic rings. The Bertz CT molecular complexity index is 690. The standard InChI is InChI=1S/C19H26N4OS/c24-19(20-9-8-18-6-3-11-25-18)12-17-14-22(15-4-1-2-5-15)13-16-7-10-21-23(16)17/h3,6-7,10-11,15,17H,1-2,4-5,8-9,12-14H2,(H,20,24)/t17-/m0/s1. The number of fused-ring (bicyclic) bond motifs is 1. The molecule has 2 aromatic heterocycles. The first-order valence-corrected chi connectivity index (χ1v) is 10.2. The number of carbonyl (C=O) groups excluding carboxylic acids is 1. The number of nitrogens with zero attached hydrogens (tertiary/aromatic N) is 3. The molecule has 134 valence electrons. The molecule has 0 unspecified atom stereocenters. The van der Waals surface area contributed by atoms with Gasteiger partial charge in [-0.25, -0.2) is 0 Å². The lowest BCUT2D eigenvalue weighted by molar-refractivity contribution is -0.122. The van der Waals surface area contributed by atoms with Crippen molar-refractivity contribution in [2.75, 3.05) is 13.1 Å². The van der Waals surface area contributed by atoms with Gasteiger partial charge in [-0.1, -0.05) is 18.9 Å². The summed E-state index contributed by atoms with van der Waals surface area (Å²) in [6.45, 7) is 2.63. The second-order valence-corrected chi connectivity index (χ2v) is 8.20. The summed E-state index contributed by atoms with van der Waals surface area (Å²) in [5, 5.41) is 9.65. The highest BCUT2D eigenvalue weighted by atomic mass is 32.1. The summed E-state index contributed by atoms with van der Waals surface area (Å²) >= 11 is 1.74. The molecule has 0 aromatic carbocycles. The molecule has 5 nitrogen and oxygen atoms in total. The predicted molar refractivity (Wildman–Crippen MR) is 99.6 cm³/mol. The van der Waals surface area contributed by atoms with Crippen LogP contribution in [0.2, 0.25) is 0 Å². The number of nitrogens with one attached hydrogen (secondary N) is 1. The van der Waals surface area contributed by atoms with Crippen LogP contribution >= 0.6 is 11.3 Å². The minimum Gasteiger partial charge on any atom is -0.356 e. The van der Waals surface area contributed by atoms with Gasteiger partial charge in [-0.15, -0.1) is 11.3 Å². The summed E-state index contributed by atoms with van der Waals surface area (Å²) in [5.41, 5.74) is 1.24. The second-order valence-electron chi connectivity index (χ2n) is 7.17. The van der Waals surface area contributed by atoms with E-state index >= 15 is 0 Å². The number of hydrogen-bond acceptors (Lipinski definition) is 4.